The van der Waals surface area contributed by atoms with Gasteiger partial charge in [-0.05, 0) is 19.8 Å². The third kappa shape index (κ3) is 3.12. The van der Waals surface area contributed by atoms with Crippen LogP contribution in [0.3, 0.4) is 0 Å². The number of carbonyl (C=O) groups is 1. The number of carbonyl (C=O) groups excluding carboxylic acids is 1. The summed E-state index contributed by atoms with van der Waals surface area (Å²) in [7, 11) is 0. The Bertz CT molecular complexity index is 475. The van der Waals surface area contributed by atoms with Crippen LogP contribution >= 0.6 is 0 Å². The summed E-state index contributed by atoms with van der Waals surface area (Å²) in [4.78, 5) is 26.0. The van der Waals surface area contributed by atoms with Gasteiger partial charge in [0.2, 0.25) is 5.43 Å². The molecule has 18 heavy (non-hydrogen) atoms. The molecule has 1 aliphatic rings. The maximum absolute atomic E-state index is 11.6. The Hall–Kier alpha value is -1.78. The lowest BCUT2D eigenvalue weighted by Gasteiger charge is -2.12. The molecule has 1 aliphatic carbocycles. The Morgan fingerprint density at radius 2 is 2.22 bits per heavy atom. The molecule has 1 saturated carbocycles. The van der Waals surface area contributed by atoms with Gasteiger partial charge in [0.1, 0.15) is 0 Å². The van der Waals surface area contributed by atoms with Gasteiger partial charge >= 0.3 is 0 Å². The molecule has 1 amide bonds. The Kier molecular flexibility index (Phi) is 4.02. The molecule has 5 heteroatoms. The lowest BCUT2D eigenvalue weighted by atomic mass is 10.2. The molecule has 0 aromatic carbocycles. The quantitative estimate of drug-likeness (QED) is 0.841. The summed E-state index contributed by atoms with van der Waals surface area (Å²) in [6, 6.07) is 1.66. The Morgan fingerprint density at radius 3 is 2.89 bits per heavy atom. The van der Waals surface area contributed by atoms with Crippen molar-refractivity contribution in [2.75, 3.05) is 6.61 Å². The highest BCUT2D eigenvalue weighted by Crippen LogP contribution is 2.17. The lowest BCUT2D eigenvalue weighted by molar-refractivity contribution is -0.123. The average molecular weight is 250 g/mol. The van der Waals surface area contributed by atoms with Crippen molar-refractivity contribution in [1.29, 1.82) is 0 Å². The summed E-state index contributed by atoms with van der Waals surface area (Å²) in [5.74, 6) is 0.0589. The SMILES string of the molecule is Cc1[nH]ccc(=O)c1OCC(=O)NC1CCCC1. The summed E-state index contributed by atoms with van der Waals surface area (Å²) >= 11 is 0. The first-order chi connectivity index (χ1) is 8.66. The van der Waals surface area contributed by atoms with Gasteiger partial charge in [-0.1, -0.05) is 12.8 Å². The number of nitrogens with one attached hydrogen (secondary N) is 2. The zero-order chi connectivity index (χ0) is 13.0. The van der Waals surface area contributed by atoms with E-state index in [1.807, 2.05) is 0 Å². The third-order valence-corrected chi connectivity index (χ3v) is 3.17. The second kappa shape index (κ2) is 5.71. The standard InChI is InChI=1S/C13H18N2O3/c1-9-13(11(16)6-7-14-9)18-8-12(17)15-10-4-2-3-5-10/h6-7,10H,2-5,8H2,1H3,(H,14,16)(H,15,17). The fourth-order valence-corrected chi connectivity index (χ4v) is 2.22. The number of pyridine rings is 1. The fourth-order valence-electron chi connectivity index (χ4n) is 2.22. The molecule has 0 spiro atoms. The number of aromatic nitrogens is 1. The predicted molar refractivity (Wildman–Crippen MR) is 67.7 cm³/mol. The first kappa shape index (κ1) is 12.7. The molecule has 98 valence electrons. The first-order valence-corrected chi connectivity index (χ1v) is 6.27. The topological polar surface area (TPSA) is 71.2 Å². The van der Waals surface area contributed by atoms with Crippen LogP contribution in [0.15, 0.2) is 17.1 Å². The Balaban J connectivity index is 1.87. The van der Waals surface area contributed by atoms with Crippen LogP contribution in [0.25, 0.3) is 0 Å². The molecule has 1 aromatic rings. The Labute approximate surface area is 106 Å². The van der Waals surface area contributed by atoms with Crippen molar-refractivity contribution in [3.63, 3.8) is 0 Å². The maximum atomic E-state index is 11.6. The zero-order valence-corrected chi connectivity index (χ0v) is 10.5. The summed E-state index contributed by atoms with van der Waals surface area (Å²) in [6.45, 7) is 1.63. The monoisotopic (exact) mass is 250 g/mol. The fraction of sp³-hybridized carbons (Fsp3) is 0.538. The molecule has 5 nitrogen and oxygen atoms in total. The second-order valence-electron chi connectivity index (χ2n) is 4.63. The van der Waals surface area contributed by atoms with Crippen LogP contribution in [0.2, 0.25) is 0 Å². The Morgan fingerprint density at radius 1 is 1.50 bits per heavy atom. The van der Waals surface area contributed by atoms with Gasteiger partial charge in [-0.15, -0.1) is 0 Å². The minimum absolute atomic E-state index is 0.107. The number of hydrogen-bond donors (Lipinski definition) is 2. The van der Waals surface area contributed by atoms with Gasteiger partial charge in [0.15, 0.2) is 12.4 Å². The van der Waals surface area contributed by atoms with E-state index in [4.69, 9.17) is 4.74 Å². The average Bonchev–Trinajstić information content (AvgIpc) is 2.81. The highest BCUT2D eigenvalue weighted by molar-refractivity contribution is 5.77. The van der Waals surface area contributed by atoms with Crippen molar-refractivity contribution >= 4 is 5.91 Å². The largest absolute Gasteiger partial charge is 0.478 e. The molecule has 0 unspecified atom stereocenters. The van der Waals surface area contributed by atoms with E-state index in [-0.39, 0.29) is 29.7 Å². The van der Waals surface area contributed by atoms with Crippen molar-refractivity contribution in [3.05, 3.63) is 28.2 Å². The number of hydrogen-bond acceptors (Lipinski definition) is 3. The van der Waals surface area contributed by atoms with Crippen LogP contribution in [0.4, 0.5) is 0 Å². The van der Waals surface area contributed by atoms with Gasteiger partial charge in [-0.3, -0.25) is 9.59 Å². The molecular formula is C13H18N2O3. The molecule has 0 bridgehead atoms. The molecule has 1 aromatic heterocycles. The van der Waals surface area contributed by atoms with Gasteiger partial charge in [0.05, 0.1) is 5.69 Å². The smallest absolute Gasteiger partial charge is 0.258 e. The second-order valence-corrected chi connectivity index (χ2v) is 4.63. The van der Waals surface area contributed by atoms with E-state index in [1.165, 1.54) is 18.9 Å². The van der Waals surface area contributed by atoms with Gasteiger partial charge in [-0.25, -0.2) is 0 Å². The molecule has 0 aliphatic heterocycles. The van der Waals surface area contributed by atoms with E-state index in [0.717, 1.165) is 12.8 Å². The molecule has 0 radical (unpaired) electrons. The summed E-state index contributed by atoms with van der Waals surface area (Å²) in [6.07, 6.45) is 5.98. The van der Waals surface area contributed by atoms with Gasteiger partial charge < -0.3 is 15.0 Å². The first-order valence-electron chi connectivity index (χ1n) is 6.27. The number of aryl methyl sites for hydroxylation is 1. The van der Waals surface area contributed by atoms with Crippen molar-refractivity contribution in [2.24, 2.45) is 0 Å². The normalized spacial score (nSPS) is 15.6. The van der Waals surface area contributed by atoms with E-state index in [2.05, 4.69) is 10.3 Å². The van der Waals surface area contributed by atoms with Crippen molar-refractivity contribution in [2.45, 2.75) is 38.6 Å². The summed E-state index contributed by atoms with van der Waals surface area (Å²) in [5, 5.41) is 2.91. The van der Waals surface area contributed by atoms with Crippen molar-refractivity contribution < 1.29 is 9.53 Å². The third-order valence-electron chi connectivity index (χ3n) is 3.17. The minimum atomic E-state index is -0.208. The van der Waals surface area contributed by atoms with E-state index < -0.39 is 0 Å². The van der Waals surface area contributed by atoms with Gasteiger partial charge in [0, 0.05) is 18.3 Å². The lowest BCUT2D eigenvalue weighted by Crippen LogP contribution is -2.36. The number of rotatable bonds is 4. The molecule has 0 atom stereocenters. The number of H-pyrrole nitrogens is 1. The number of amides is 1. The van der Waals surface area contributed by atoms with E-state index in [1.54, 1.807) is 13.1 Å². The minimum Gasteiger partial charge on any atom is -0.478 e. The van der Waals surface area contributed by atoms with Gasteiger partial charge in [-0.2, -0.15) is 0 Å². The molecule has 1 fully saturated rings. The number of ether oxygens (including phenoxy) is 1. The van der Waals surface area contributed by atoms with E-state index in [9.17, 15) is 9.59 Å². The maximum Gasteiger partial charge on any atom is 0.258 e. The van der Waals surface area contributed by atoms with Crippen LogP contribution < -0.4 is 15.5 Å². The van der Waals surface area contributed by atoms with E-state index >= 15 is 0 Å². The highest BCUT2D eigenvalue weighted by Gasteiger charge is 2.17. The van der Waals surface area contributed by atoms with Crippen molar-refractivity contribution in [3.8, 4) is 5.75 Å². The zero-order valence-electron chi connectivity index (χ0n) is 10.5. The molecule has 2 N–H and O–H groups in total. The summed E-state index contributed by atoms with van der Waals surface area (Å²) < 4.78 is 5.28. The molecular weight excluding hydrogens is 232 g/mol. The van der Waals surface area contributed by atoms with E-state index in [0.29, 0.717) is 5.69 Å². The van der Waals surface area contributed by atoms with Crippen LogP contribution in [0, 0.1) is 6.92 Å². The van der Waals surface area contributed by atoms with Crippen LogP contribution in [-0.2, 0) is 4.79 Å². The molecule has 1 heterocycles. The molecule has 0 saturated heterocycles. The molecule has 2 rings (SSSR count). The van der Waals surface area contributed by atoms with Crippen LogP contribution in [0.5, 0.6) is 5.75 Å². The van der Waals surface area contributed by atoms with Crippen LogP contribution in [0.1, 0.15) is 31.4 Å². The number of aromatic amines is 1. The highest BCUT2D eigenvalue weighted by atomic mass is 16.5. The van der Waals surface area contributed by atoms with Crippen LogP contribution in [-0.4, -0.2) is 23.5 Å². The predicted octanol–water partition coefficient (Wildman–Crippen LogP) is 1.12. The summed E-state index contributed by atoms with van der Waals surface area (Å²) in [5.41, 5.74) is 0.427. The van der Waals surface area contributed by atoms with Gasteiger partial charge in [0.25, 0.3) is 5.91 Å². The van der Waals surface area contributed by atoms with Crippen molar-refractivity contribution in [1.82, 2.24) is 10.3 Å².